The maximum atomic E-state index is 12.4. The first-order valence-corrected chi connectivity index (χ1v) is 6.83. The van der Waals surface area contributed by atoms with E-state index in [9.17, 15) is 9.90 Å². The molecule has 0 radical (unpaired) electrons. The molecule has 1 amide bonds. The number of benzene rings is 1. The molecule has 6 heteroatoms. The summed E-state index contributed by atoms with van der Waals surface area (Å²) in [6, 6.07) is 6.35. The smallest absolute Gasteiger partial charge is 0.253 e. The van der Waals surface area contributed by atoms with E-state index in [1.54, 1.807) is 30.7 Å². The van der Waals surface area contributed by atoms with E-state index in [0.717, 1.165) is 18.9 Å². The third-order valence-corrected chi connectivity index (χ3v) is 3.55. The molecule has 6 nitrogen and oxygen atoms in total. The molecular weight excluding hydrogens is 268 g/mol. The minimum atomic E-state index is -0.00574. The highest BCUT2D eigenvalue weighted by molar-refractivity contribution is 5.94. The number of phenolic OH excluding ortho intramolecular Hbond substituents is 1. The summed E-state index contributed by atoms with van der Waals surface area (Å²) in [5, 5.41) is 9.27. The van der Waals surface area contributed by atoms with Crippen molar-refractivity contribution in [2.24, 2.45) is 0 Å². The van der Waals surface area contributed by atoms with Gasteiger partial charge in [0.2, 0.25) is 0 Å². The Morgan fingerprint density at radius 3 is 2.38 bits per heavy atom. The predicted octanol–water partition coefficient (Wildman–Crippen LogP) is 1.14. The summed E-state index contributed by atoms with van der Waals surface area (Å²) in [6.45, 7) is 2.78. The second-order valence-corrected chi connectivity index (χ2v) is 4.89. The van der Waals surface area contributed by atoms with Crippen LogP contribution in [0.25, 0.3) is 0 Å². The van der Waals surface area contributed by atoms with Crippen LogP contribution in [0.15, 0.2) is 42.9 Å². The number of aromatic hydroxyl groups is 1. The van der Waals surface area contributed by atoms with E-state index >= 15 is 0 Å². The van der Waals surface area contributed by atoms with E-state index in [4.69, 9.17) is 0 Å². The molecule has 0 bridgehead atoms. The second-order valence-electron chi connectivity index (χ2n) is 4.89. The molecule has 0 saturated carbocycles. The highest BCUT2D eigenvalue weighted by atomic mass is 16.3. The molecule has 1 aromatic heterocycles. The fourth-order valence-corrected chi connectivity index (χ4v) is 2.38. The lowest BCUT2D eigenvalue weighted by Crippen LogP contribution is -2.49. The number of hydrogen-bond donors (Lipinski definition) is 1. The van der Waals surface area contributed by atoms with Crippen molar-refractivity contribution in [3.05, 3.63) is 48.4 Å². The van der Waals surface area contributed by atoms with E-state index in [1.807, 2.05) is 4.90 Å². The molecule has 21 heavy (non-hydrogen) atoms. The van der Waals surface area contributed by atoms with Crippen LogP contribution in [-0.4, -0.2) is 52.1 Å². The molecule has 3 rings (SSSR count). The molecular formula is C15H16N4O2. The summed E-state index contributed by atoms with van der Waals surface area (Å²) in [4.78, 5) is 24.6. The largest absolute Gasteiger partial charge is 0.508 e. The molecule has 0 atom stereocenters. The Morgan fingerprint density at radius 1 is 1.05 bits per heavy atom. The van der Waals surface area contributed by atoms with Gasteiger partial charge in [-0.05, 0) is 24.3 Å². The molecule has 1 aliphatic heterocycles. The minimum Gasteiger partial charge on any atom is -0.508 e. The first-order chi connectivity index (χ1) is 10.2. The van der Waals surface area contributed by atoms with Gasteiger partial charge in [0.15, 0.2) is 0 Å². The van der Waals surface area contributed by atoms with Crippen molar-refractivity contribution in [3.63, 3.8) is 0 Å². The van der Waals surface area contributed by atoms with Gasteiger partial charge in [0.25, 0.3) is 5.91 Å². The van der Waals surface area contributed by atoms with Crippen LogP contribution in [0, 0.1) is 0 Å². The lowest BCUT2D eigenvalue weighted by molar-refractivity contribution is 0.0746. The van der Waals surface area contributed by atoms with Gasteiger partial charge >= 0.3 is 0 Å². The lowest BCUT2D eigenvalue weighted by atomic mass is 10.1. The SMILES string of the molecule is O=C(c1ccc(O)cc1)N1CCN(c2cnccn2)CC1. The lowest BCUT2D eigenvalue weighted by Gasteiger charge is -2.35. The monoisotopic (exact) mass is 284 g/mol. The Balaban J connectivity index is 1.63. The number of hydrogen-bond acceptors (Lipinski definition) is 5. The van der Waals surface area contributed by atoms with Gasteiger partial charge in [0.05, 0.1) is 6.20 Å². The van der Waals surface area contributed by atoms with Gasteiger partial charge in [-0.3, -0.25) is 9.78 Å². The molecule has 1 aromatic carbocycles. The summed E-state index contributed by atoms with van der Waals surface area (Å²) < 4.78 is 0. The molecule has 0 unspecified atom stereocenters. The number of piperazine rings is 1. The maximum Gasteiger partial charge on any atom is 0.253 e. The average Bonchev–Trinajstić information content (AvgIpc) is 2.56. The number of phenols is 1. The van der Waals surface area contributed by atoms with Gasteiger partial charge in [0, 0.05) is 44.1 Å². The van der Waals surface area contributed by atoms with Crippen LogP contribution in [0.3, 0.4) is 0 Å². The first kappa shape index (κ1) is 13.4. The third-order valence-electron chi connectivity index (χ3n) is 3.55. The Bertz CT molecular complexity index is 607. The van der Waals surface area contributed by atoms with Gasteiger partial charge in [0.1, 0.15) is 11.6 Å². The Morgan fingerprint density at radius 2 is 1.76 bits per heavy atom. The first-order valence-electron chi connectivity index (χ1n) is 6.83. The second kappa shape index (κ2) is 5.78. The topological polar surface area (TPSA) is 69.6 Å². The van der Waals surface area contributed by atoms with Crippen molar-refractivity contribution in [2.75, 3.05) is 31.1 Å². The van der Waals surface area contributed by atoms with Crippen molar-refractivity contribution in [1.29, 1.82) is 0 Å². The Labute approximate surface area is 122 Å². The normalized spacial score (nSPS) is 15.0. The predicted molar refractivity (Wildman–Crippen MR) is 78.3 cm³/mol. The van der Waals surface area contributed by atoms with E-state index in [2.05, 4.69) is 14.9 Å². The van der Waals surface area contributed by atoms with Crippen LogP contribution in [0.4, 0.5) is 5.82 Å². The van der Waals surface area contributed by atoms with Crippen molar-refractivity contribution < 1.29 is 9.90 Å². The van der Waals surface area contributed by atoms with Crippen molar-refractivity contribution >= 4 is 11.7 Å². The van der Waals surface area contributed by atoms with Gasteiger partial charge < -0.3 is 14.9 Å². The van der Waals surface area contributed by atoms with E-state index in [-0.39, 0.29) is 11.7 Å². The van der Waals surface area contributed by atoms with Crippen LogP contribution in [0.1, 0.15) is 10.4 Å². The van der Waals surface area contributed by atoms with E-state index in [1.165, 1.54) is 12.1 Å². The molecule has 1 aliphatic rings. The zero-order chi connectivity index (χ0) is 14.7. The van der Waals surface area contributed by atoms with E-state index < -0.39 is 0 Å². The number of amides is 1. The third kappa shape index (κ3) is 2.94. The van der Waals surface area contributed by atoms with Crippen LogP contribution in [0.2, 0.25) is 0 Å². The number of carbonyl (C=O) groups excluding carboxylic acids is 1. The number of carbonyl (C=O) groups is 1. The highest BCUT2D eigenvalue weighted by Gasteiger charge is 2.22. The summed E-state index contributed by atoms with van der Waals surface area (Å²) in [7, 11) is 0. The Kier molecular flexibility index (Phi) is 3.68. The summed E-state index contributed by atoms with van der Waals surface area (Å²) >= 11 is 0. The van der Waals surface area contributed by atoms with Gasteiger partial charge in [-0.25, -0.2) is 4.98 Å². The molecule has 0 spiro atoms. The quantitative estimate of drug-likeness (QED) is 0.895. The summed E-state index contributed by atoms with van der Waals surface area (Å²) in [5.41, 5.74) is 0.598. The fourth-order valence-electron chi connectivity index (χ4n) is 2.38. The summed E-state index contributed by atoms with van der Waals surface area (Å²) in [5.74, 6) is 1.00. The van der Waals surface area contributed by atoms with Crippen LogP contribution in [0.5, 0.6) is 5.75 Å². The Hall–Kier alpha value is -2.63. The van der Waals surface area contributed by atoms with Gasteiger partial charge in [-0.15, -0.1) is 0 Å². The standard InChI is InChI=1S/C15H16N4O2/c20-13-3-1-12(2-4-13)15(21)19-9-7-18(8-10-19)14-11-16-5-6-17-14/h1-6,11,20H,7-10H2. The molecule has 1 fully saturated rings. The van der Waals surface area contributed by atoms with Gasteiger partial charge in [-0.1, -0.05) is 0 Å². The number of nitrogens with zero attached hydrogens (tertiary/aromatic N) is 4. The fraction of sp³-hybridized carbons (Fsp3) is 0.267. The molecule has 1 saturated heterocycles. The van der Waals surface area contributed by atoms with Crippen LogP contribution in [-0.2, 0) is 0 Å². The highest BCUT2D eigenvalue weighted by Crippen LogP contribution is 2.15. The van der Waals surface area contributed by atoms with Crippen LogP contribution >= 0.6 is 0 Å². The maximum absolute atomic E-state index is 12.4. The summed E-state index contributed by atoms with van der Waals surface area (Å²) in [6.07, 6.45) is 5.05. The zero-order valence-corrected chi connectivity index (χ0v) is 11.5. The molecule has 2 heterocycles. The minimum absolute atomic E-state index is 0.00574. The van der Waals surface area contributed by atoms with Gasteiger partial charge in [-0.2, -0.15) is 0 Å². The number of aromatic nitrogens is 2. The van der Waals surface area contributed by atoms with Crippen LogP contribution < -0.4 is 4.90 Å². The van der Waals surface area contributed by atoms with Crippen molar-refractivity contribution in [1.82, 2.24) is 14.9 Å². The zero-order valence-electron chi connectivity index (χ0n) is 11.5. The number of rotatable bonds is 2. The number of anilines is 1. The molecule has 2 aromatic rings. The molecule has 1 N–H and O–H groups in total. The molecule has 108 valence electrons. The van der Waals surface area contributed by atoms with E-state index in [0.29, 0.717) is 18.7 Å². The van der Waals surface area contributed by atoms with Crippen molar-refractivity contribution in [2.45, 2.75) is 0 Å². The van der Waals surface area contributed by atoms with Crippen molar-refractivity contribution in [3.8, 4) is 5.75 Å². The average molecular weight is 284 g/mol. The molecule has 0 aliphatic carbocycles.